The van der Waals surface area contributed by atoms with Crippen LogP contribution in [0.3, 0.4) is 0 Å². The van der Waals surface area contributed by atoms with Gasteiger partial charge in [0.2, 0.25) is 11.8 Å². The van der Waals surface area contributed by atoms with Gasteiger partial charge in [0.1, 0.15) is 0 Å². The number of rotatable bonds is 8. The second kappa shape index (κ2) is 12.4. The van der Waals surface area contributed by atoms with Gasteiger partial charge in [-0.05, 0) is 47.6 Å². The maximum absolute atomic E-state index is 13.7. The second-order valence-electron chi connectivity index (χ2n) is 8.65. The first-order valence-electron chi connectivity index (χ1n) is 11.9. The molecule has 0 spiro atoms. The lowest BCUT2D eigenvalue weighted by Gasteiger charge is -2.26. The summed E-state index contributed by atoms with van der Waals surface area (Å²) in [5.41, 5.74) is 1.41. The molecule has 4 aromatic rings. The molecule has 1 N–H and O–H groups in total. The summed E-state index contributed by atoms with van der Waals surface area (Å²) in [4.78, 5) is 22.9. The number of imidazole rings is 1. The van der Waals surface area contributed by atoms with Crippen molar-refractivity contribution in [3.05, 3.63) is 107 Å². The SMILES string of the molecule is COc1ccc(NC(=S)N(Cc2ccccc2C(F)(F)F)C(=O)Cc2cncn2Cc2ccc(C#N)cc2)cn1. The number of hydrogen-bond donors (Lipinski definition) is 1. The summed E-state index contributed by atoms with van der Waals surface area (Å²) < 4.78 is 48.0. The average molecular weight is 565 g/mol. The lowest BCUT2D eigenvalue weighted by Crippen LogP contribution is -2.41. The summed E-state index contributed by atoms with van der Waals surface area (Å²) in [5, 5.41) is 11.8. The Morgan fingerprint density at radius 2 is 1.88 bits per heavy atom. The van der Waals surface area contributed by atoms with E-state index >= 15 is 0 Å². The Morgan fingerprint density at radius 1 is 1.12 bits per heavy atom. The van der Waals surface area contributed by atoms with Gasteiger partial charge in [0.05, 0.1) is 55.5 Å². The van der Waals surface area contributed by atoms with E-state index in [2.05, 4.69) is 21.4 Å². The van der Waals surface area contributed by atoms with E-state index in [9.17, 15) is 18.0 Å². The summed E-state index contributed by atoms with van der Waals surface area (Å²) in [7, 11) is 1.46. The smallest absolute Gasteiger partial charge is 0.416 e. The lowest BCUT2D eigenvalue weighted by molar-refractivity contribution is -0.139. The number of anilines is 1. The van der Waals surface area contributed by atoms with Crippen LogP contribution in [-0.4, -0.2) is 37.6 Å². The molecule has 204 valence electrons. The number of methoxy groups -OCH3 is 1. The zero-order valence-corrected chi connectivity index (χ0v) is 22.0. The third-order valence-corrected chi connectivity index (χ3v) is 6.28. The molecule has 0 saturated heterocycles. The number of benzene rings is 2. The number of nitrogens with zero attached hydrogens (tertiary/aromatic N) is 5. The monoisotopic (exact) mass is 564 g/mol. The fourth-order valence-electron chi connectivity index (χ4n) is 3.91. The number of thiocarbonyl (C=S) groups is 1. The van der Waals surface area contributed by atoms with Gasteiger partial charge >= 0.3 is 6.18 Å². The van der Waals surface area contributed by atoms with Crippen LogP contribution in [0.5, 0.6) is 5.88 Å². The van der Waals surface area contributed by atoms with Crippen LogP contribution in [0.4, 0.5) is 18.9 Å². The van der Waals surface area contributed by atoms with E-state index in [1.165, 1.54) is 37.7 Å². The van der Waals surface area contributed by atoms with E-state index in [4.69, 9.17) is 22.2 Å². The minimum atomic E-state index is -4.61. The number of aromatic nitrogens is 3. The molecule has 40 heavy (non-hydrogen) atoms. The van der Waals surface area contributed by atoms with Crippen LogP contribution in [0.2, 0.25) is 0 Å². The standard InChI is InChI=1S/C28H23F3N6O2S/c1-39-25-11-10-22(14-34-25)35-27(40)37(17-21-4-2-3-5-24(21)28(29,30)31)26(38)12-23-15-33-18-36(23)16-20-8-6-19(13-32)7-9-20/h2-11,14-15,18H,12,16-17H2,1H3,(H,35,40). The van der Waals surface area contributed by atoms with Crippen molar-refractivity contribution < 1.29 is 22.7 Å². The van der Waals surface area contributed by atoms with Crippen LogP contribution in [0.25, 0.3) is 0 Å². The molecular formula is C28H23F3N6O2S. The molecule has 0 saturated carbocycles. The summed E-state index contributed by atoms with van der Waals surface area (Å²) in [6.45, 7) is -0.0286. The molecule has 0 atom stereocenters. The van der Waals surface area contributed by atoms with Gasteiger partial charge in [0, 0.05) is 24.5 Å². The highest BCUT2D eigenvalue weighted by Crippen LogP contribution is 2.32. The Kier molecular flexibility index (Phi) is 8.76. The van der Waals surface area contributed by atoms with Gasteiger partial charge < -0.3 is 14.6 Å². The molecule has 0 fully saturated rings. The Balaban J connectivity index is 1.59. The highest BCUT2D eigenvalue weighted by atomic mass is 32.1. The Hall–Kier alpha value is -4.76. The zero-order chi connectivity index (χ0) is 28.7. The molecule has 0 radical (unpaired) electrons. The summed E-state index contributed by atoms with van der Waals surface area (Å²) in [6.07, 6.45) is -0.270. The molecule has 0 unspecified atom stereocenters. The zero-order valence-electron chi connectivity index (χ0n) is 21.2. The van der Waals surface area contributed by atoms with Gasteiger partial charge in [-0.15, -0.1) is 0 Å². The van der Waals surface area contributed by atoms with E-state index in [1.807, 2.05) is 0 Å². The lowest BCUT2D eigenvalue weighted by atomic mass is 10.1. The Labute approximate surface area is 233 Å². The number of nitriles is 1. The number of alkyl halides is 3. The number of ether oxygens (including phenoxy) is 1. The predicted molar refractivity (Wildman–Crippen MR) is 145 cm³/mol. The minimum Gasteiger partial charge on any atom is -0.481 e. The predicted octanol–water partition coefficient (Wildman–Crippen LogP) is 5.19. The van der Waals surface area contributed by atoms with Gasteiger partial charge in [-0.1, -0.05) is 30.3 Å². The van der Waals surface area contributed by atoms with Crippen LogP contribution in [-0.2, 0) is 30.5 Å². The van der Waals surface area contributed by atoms with E-state index in [1.54, 1.807) is 47.3 Å². The van der Waals surface area contributed by atoms with Gasteiger partial charge in [0.15, 0.2) is 5.11 Å². The molecule has 8 nitrogen and oxygen atoms in total. The summed E-state index contributed by atoms with van der Waals surface area (Å²) in [6, 6.07) is 17.3. The topological polar surface area (TPSA) is 96.1 Å². The highest BCUT2D eigenvalue weighted by Gasteiger charge is 2.34. The van der Waals surface area contributed by atoms with E-state index in [0.29, 0.717) is 29.4 Å². The molecule has 2 heterocycles. The van der Waals surface area contributed by atoms with Crippen molar-refractivity contribution in [3.63, 3.8) is 0 Å². The molecule has 1 amide bonds. The fraction of sp³-hybridized carbons (Fsp3) is 0.179. The molecule has 2 aromatic heterocycles. The first-order chi connectivity index (χ1) is 19.2. The Morgan fingerprint density at radius 3 is 2.52 bits per heavy atom. The third-order valence-electron chi connectivity index (χ3n) is 5.96. The maximum Gasteiger partial charge on any atom is 0.416 e. The first-order valence-corrected chi connectivity index (χ1v) is 12.3. The minimum absolute atomic E-state index is 0.0906. The molecule has 12 heteroatoms. The molecule has 2 aromatic carbocycles. The molecule has 0 aliphatic heterocycles. The normalized spacial score (nSPS) is 11.0. The van der Waals surface area contributed by atoms with Crippen molar-refractivity contribution in [2.45, 2.75) is 25.7 Å². The van der Waals surface area contributed by atoms with Crippen molar-refractivity contribution in [2.75, 3.05) is 12.4 Å². The van der Waals surface area contributed by atoms with Gasteiger partial charge in [-0.25, -0.2) is 9.97 Å². The van der Waals surface area contributed by atoms with Crippen LogP contribution >= 0.6 is 12.2 Å². The first kappa shape index (κ1) is 28.3. The number of halogens is 3. The van der Waals surface area contributed by atoms with Crippen LogP contribution in [0.1, 0.15) is 27.9 Å². The van der Waals surface area contributed by atoms with E-state index < -0.39 is 24.2 Å². The van der Waals surface area contributed by atoms with Crippen LogP contribution in [0, 0.1) is 11.3 Å². The van der Waals surface area contributed by atoms with Crippen molar-refractivity contribution in [2.24, 2.45) is 0 Å². The number of hydrogen-bond acceptors (Lipinski definition) is 6. The number of nitrogens with one attached hydrogen (secondary N) is 1. The largest absolute Gasteiger partial charge is 0.481 e. The van der Waals surface area contributed by atoms with Crippen LogP contribution in [0.15, 0.2) is 79.4 Å². The molecule has 0 bridgehead atoms. The Bertz CT molecular complexity index is 1530. The maximum atomic E-state index is 13.7. The van der Waals surface area contributed by atoms with E-state index in [-0.39, 0.29) is 17.1 Å². The number of pyridine rings is 1. The molecular weight excluding hydrogens is 541 g/mol. The van der Waals surface area contributed by atoms with Crippen molar-refractivity contribution in [3.8, 4) is 11.9 Å². The highest BCUT2D eigenvalue weighted by molar-refractivity contribution is 7.80. The average Bonchev–Trinajstić information content (AvgIpc) is 3.38. The van der Waals surface area contributed by atoms with Crippen molar-refractivity contribution >= 4 is 28.9 Å². The summed E-state index contributed by atoms with van der Waals surface area (Å²) >= 11 is 5.49. The second-order valence-corrected chi connectivity index (χ2v) is 9.04. The van der Waals surface area contributed by atoms with Crippen molar-refractivity contribution in [1.29, 1.82) is 5.26 Å². The quantitative estimate of drug-likeness (QED) is 0.294. The third kappa shape index (κ3) is 7.00. The number of amides is 1. The van der Waals surface area contributed by atoms with Crippen molar-refractivity contribution in [1.82, 2.24) is 19.4 Å². The molecule has 4 rings (SSSR count). The van der Waals surface area contributed by atoms with Gasteiger partial charge in [-0.2, -0.15) is 18.4 Å². The number of carbonyl (C=O) groups is 1. The van der Waals surface area contributed by atoms with Crippen LogP contribution < -0.4 is 10.1 Å². The summed E-state index contributed by atoms with van der Waals surface area (Å²) in [5.74, 6) is -0.170. The molecule has 0 aliphatic rings. The number of carbonyl (C=O) groups excluding carboxylic acids is 1. The fourth-order valence-corrected chi connectivity index (χ4v) is 4.20. The van der Waals surface area contributed by atoms with Gasteiger partial charge in [-0.3, -0.25) is 9.69 Å². The van der Waals surface area contributed by atoms with E-state index in [0.717, 1.165) is 16.5 Å². The molecule has 0 aliphatic carbocycles. The van der Waals surface area contributed by atoms with Gasteiger partial charge in [0.25, 0.3) is 0 Å².